The second-order valence-electron chi connectivity index (χ2n) is 7.07. The molecule has 0 aliphatic rings. The number of carbonyl (C=O) groups is 1. The Hall–Kier alpha value is -3.89. The molecular formula is C21H16F4N6O. The number of anilines is 1. The van der Waals surface area contributed by atoms with Gasteiger partial charge in [0.1, 0.15) is 24.3 Å². The summed E-state index contributed by atoms with van der Waals surface area (Å²) in [6, 6.07) is 6.49. The van der Waals surface area contributed by atoms with Crippen LogP contribution in [0.2, 0.25) is 0 Å². The summed E-state index contributed by atoms with van der Waals surface area (Å²) < 4.78 is 52.6. The van der Waals surface area contributed by atoms with Gasteiger partial charge in [0.2, 0.25) is 5.95 Å². The molecule has 4 aromatic heterocycles. The van der Waals surface area contributed by atoms with Crippen molar-refractivity contribution in [3.05, 3.63) is 77.0 Å². The predicted molar refractivity (Wildman–Crippen MR) is 108 cm³/mol. The minimum absolute atomic E-state index is 0.0379. The van der Waals surface area contributed by atoms with Crippen LogP contribution < -0.4 is 5.32 Å². The fraction of sp³-hybridized carbons (Fsp3) is 0.190. The highest BCUT2D eigenvalue weighted by Gasteiger charge is 2.28. The van der Waals surface area contributed by atoms with Crippen LogP contribution in [0.3, 0.4) is 0 Å². The summed E-state index contributed by atoms with van der Waals surface area (Å²) in [5, 5.41) is 2.19. The van der Waals surface area contributed by atoms with Crippen molar-refractivity contribution in [3.63, 3.8) is 0 Å². The number of hydrogen-bond acceptors (Lipinski definition) is 6. The van der Waals surface area contributed by atoms with E-state index in [2.05, 4.69) is 30.2 Å². The molecule has 0 radical (unpaired) electrons. The Kier molecular flexibility index (Phi) is 5.56. The zero-order chi connectivity index (χ0) is 22.9. The average molecular weight is 444 g/mol. The lowest BCUT2D eigenvalue weighted by Gasteiger charge is -2.10. The van der Waals surface area contributed by atoms with Crippen molar-refractivity contribution in [1.29, 1.82) is 0 Å². The number of nitrogens with zero attached hydrogens (tertiary/aromatic N) is 4. The molecule has 0 saturated heterocycles. The zero-order valence-corrected chi connectivity index (χ0v) is 16.7. The van der Waals surface area contributed by atoms with Crippen LogP contribution in [0.5, 0.6) is 0 Å². The van der Waals surface area contributed by atoms with Gasteiger partial charge in [-0.1, -0.05) is 6.07 Å². The number of halogens is 4. The number of aryl methyl sites for hydroxylation is 1. The molecule has 7 nitrogen and oxygen atoms in total. The maximum absolute atomic E-state index is 14.7. The highest BCUT2D eigenvalue weighted by atomic mass is 19.4. The molecular weight excluding hydrogens is 428 g/mol. The number of rotatable bonds is 6. The maximum atomic E-state index is 14.7. The van der Waals surface area contributed by atoms with E-state index in [1.54, 1.807) is 6.20 Å². The molecule has 0 fully saturated rings. The lowest BCUT2D eigenvalue weighted by Crippen LogP contribution is -2.22. The van der Waals surface area contributed by atoms with Crippen molar-refractivity contribution in [2.75, 3.05) is 11.9 Å². The van der Waals surface area contributed by atoms with Crippen molar-refractivity contribution >= 4 is 22.6 Å². The number of alkyl halides is 3. The molecule has 32 heavy (non-hydrogen) atoms. The molecule has 0 spiro atoms. The van der Waals surface area contributed by atoms with Crippen molar-refractivity contribution in [2.24, 2.45) is 0 Å². The average Bonchev–Trinajstić information content (AvgIpc) is 3.18. The van der Waals surface area contributed by atoms with Gasteiger partial charge in [-0.25, -0.2) is 15.0 Å². The van der Waals surface area contributed by atoms with E-state index in [1.165, 1.54) is 18.3 Å². The molecule has 0 aliphatic carbocycles. The number of pyridine rings is 2. The van der Waals surface area contributed by atoms with Gasteiger partial charge in [-0.2, -0.15) is 17.6 Å². The number of aromatic amines is 1. The van der Waals surface area contributed by atoms with Crippen LogP contribution in [-0.4, -0.2) is 43.4 Å². The van der Waals surface area contributed by atoms with Gasteiger partial charge < -0.3 is 10.3 Å². The Morgan fingerprint density at radius 2 is 1.91 bits per heavy atom. The summed E-state index contributed by atoms with van der Waals surface area (Å²) in [7, 11) is 0. The summed E-state index contributed by atoms with van der Waals surface area (Å²) in [5.74, 6) is -1.92. The second-order valence-corrected chi connectivity index (χ2v) is 7.07. The third kappa shape index (κ3) is 4.56. The van der Waals surface area contributed by atoms with E-state index < -0.39 is 24.5 Å². The molecule has 4 aromatic rings. The predicted octanol–water partition coefficient (Wildman–Crippen LogP) is 3.99. The standard InChI is InChI=1S/C21H16F4N6O/c1-11-2-3-12(7-26-11)6-13-4-5-14(18(22)31-13)17(32)15-8-27-19-16(15)20(30-10-29-19)28-9-21(23,24)25/h2-5,7-8,10H,6,9H2,1H3,(H2,27,28,29,30). The van der Waals surface area contributed by atoms with Gasteiger partial charge in [0.05, 0.1) is 16.5 Å². The summed E-state index contributed by atoms with van der Waals surface area (Å²) in [4.78, 5) is 31.5. The summed E-state index contributed by atoms with van der Waals surface area (Å²) in [6.07, 6.45) is -0.189. The highest BCUT2D eigenvalue weighted by Crippen LogP contribution is 2.27. The topological polar surface area (TPSA) is 96.5 Å². The Morgan fingerprint density at radius 3 is 2.59 bits per heavy atom. The molecule has 0 saturated carbocycles. The highest BCUT2D eigenvalue weighted by molar-refractivity contribution is 6.18. The molecule has 0 aliphatic heterocycles. The maximum Gasteiger partial charge on any atom is 0.405 e. The van der Waals surface area contributed by atoms with E-state index in [0.29, 0.717) is 12.1 Å². The normalized spacial score (nSPS) is 11.7. The molecule has 0 aromatic carbocycles. The molecule has 4 rings (SSSR count). The van der Waals surface area contributed by atoms with Crippen LogP contribution >= 0.6 is 0 Å². The fourth-order valence-electron chi connectivity index (χ4n) is 3.16. The number of aromatic nitrogens is 5. The first-order valence-electron chi connectivity index (χ1n) is 9.45. The Balaban J connectivity index is 1.63. The molecule has 11 heteroatoms. The van der Waals surface area contributed by atoms with Gasteiger partial charge in [0.15, 0.2) is 5.78 Å². The largest absolute Gasteiger partial charge is 0.405 e. The molecule has 164 valence electrons. The lowest BCUT2D eigenvalue weighted by molar-refractivity contribution is -0.115. The first-order valence-corrected chi connectivity index (χ1v) is 9.45. The summed E-state index contributed by atoms with van der Waals surface area (Å²) >= 11 is 0. The molecule has 2 N–H and O–H groups in total. The lowest BCUT2D eigenvalue weighted by atomic mass is 10.0. The van der Waals surface area contributed by atoms with Crippen LogP contribution in [0.15, 0.2) is 43.0 Å². The van der Waals surface area contributed by atoms with Crippen LogP contribution in [0, 0.1) is 12.9 Å². The summed E-state index contributed by atoms with van der Waals surface area (Å²) in [6.45, 7) is 0.498. The van der Waals surface area contributed by atoms with Gasteiger partial charge >= 0.3 is 6.18 Å². The summed E-state index contributed by atoms with van der Waals surface area (Å²) in [5.41, 5.74) is 1.84. The SMILES string of the molecule is Cc1ccc(Cc2ccc(C(=O)c3c[nH]c4ncnc(NCC(F)(F)F)c34)c(F)n2)cn1. The monoisotopic (exact) mass is 444 g/mol. The zero-order valence-electron chi connectivity index (χ0n) is 16.7. The van der Waals surface area contributed by atoms with Gasteiger partial charge in [-0.3, -0.25) is 9.78 Å². The number of ketones is 1. The Morgan fingerprint density at radius 1 is 1.09 bits per heavy atom. The second kappa shape index (κ2) is 8.33. The Labute approximate surface area is 179 Å². The smallest absolute Gasteiger partial charge is 0.360 e. The van der Waals surface area contributed by atoms with Crippen LogP contribution in [0.4, 0.5) is 23.4 Å². The molecule has 0 unspecified atom stereocenters. The van der Waals surface area contributed by atoms with E-state index in [1.807, 2.05) is 19.1 Å². The Bertz CT molecular complexity index is 1280. The number of fused-ring (bicyclic) bond motifs is 1. The minimum Gasteiger partial charge on any atom is -0.360 e. The minimum atomic E-state index is -4.49. The number of hydrogen-bond donors (Lipinski definition) is 2. The molecule has 4 heterocycles. The van der Waals surface area contributed by atoms with Crippen molar-refractivity contribution < 1.29 is 22.4 Å². The van der Waals surface area contributed by atoms with Crippen LogP contribution in [0.1, 0.15) is 32.9 Å². The number of nitrogens with one attached hydrogen (secondary N) is 2. The van der Waals surface area contributed by atoms with E-state index in [0.717, 1.165) is 17.6 Å². The van der Waals surface area contributed by atoms with Crippen LogP contribution in [-0.2, 0) is 6.42 Å². The van der Waals surface area contributed by atoms with Crippen molar-refractivity contribution in [2.45, 2.75) is 19.5 Å². The van der Waals surface area contributed by atoms with Crippen molar-refractivity contribution in [1.82, 2.24) is 24.9 Å². The van der Waals surface area contributed by atoms with Crippen molar-refractivity contribution in [3.8, 4) is 0 Å². The van der Waals surface area contributed by atoms with E-state index in [4.69, 9.17) is 0 Å². The first-order chi connectivity index (χ1) is 15.2. The van der Waals surface area contributed by atoms with Crippen LogP contribution in [0.25, 0.3) is 11.0 Å². The quantitative estimate of drug-likeness (QED) is 0.265. The van der Waals surface area contributed by atoms with Gasteiger partial charge in [0.25, 0.3) is 0 Å². The van der Waals surface area contributed by atoms with Gasteiger partial charge in [-0.15, -0.1) is 0 Å². The third-order valence-electron chi connectivity index (χ3n) is 4.68. The van der Waals surface area contributed by atoms with Gasteiger partial charge in [-0.05, 0) is 30.7 Å². The number of carbonyl (C=O) groups excluding carboxylic acids is 1. The molecule has 0 atom stereocenters. The van der Waals surface area contributed by atoms with E-state index in [-0.39, 0.29) is 28.0 Å². The van der Waals surface area contributed by atoms with E-state index >= 15 is 0 Å². The third-order valence-corrected chi connectivity index (χ3v) is 4.68. The fourth-order valence-corrected chi connectivity index (χ4v) is 3.16. The number of H-pyrrole nitrogens is 1. The van der Waals surface area contributed by atoms with E-state index in [9.17, 15) is 22.4 Å². The van der Waals surface area contributed by atoms with Gasteiger partial charge in [0, 0.05) is 30.2 Å². The first kappa shape index (κ1) is 21.3. The molecule has 0 amide bonds. The molecule has 0 bridgehead atoms.